The molecule has 0 aliphatic carbocycles. The number of nitrogens with zero attached hydrogens (tertiary/aromatic N) is 2. The minimum absolute atomic E-state index is 0.00538. The van der Waals surface area contributed by atoms with Gasteiger partial charge in [0.1, 0.15) is 5.76 Å². The van der Waals surface area contributed by atoms with E-state index in [1.165, 1.54) is 4.31 Å². The predicted octanol–water partition coefficient (Wildman–Crippen LogP) is 1.85. The summed E-state index contributed by atoms with van der Waals surface area (Å²) in [6.45, 7) is 5.00. The van der Waals surface area contributed by atoms with E-state index in [0.29, 0.717) is 31.9 Å². The molecule has 0 saturated carbocycles. The highest BCUT2D eigenvalue weighted by Gasteiger charge is 2.29. The minimum Gasteiger partial charge on any atom is -0.467 e. The van der Waals surface area contributed by atoms with Crippen LogP contribution in [0.4, 0.5) is 0 Å². The summed E-state index contributed by atoms with van der Waals surface area (Å²) in [6.07, 6.45) is 5.23. The fraction of sp³-hybridized carbons (Fsp3) is 0.706. The number of rotatable bonds is 9. The van der Waals surface area contributed by atoms with Crippen LogP contribution in [0.5, 0.6) is 0 Å². The Bertz CT molecular complexity index is 638. The van der Waals surface area contributed by atoms with E-state index >= 15 is 0 Å². The number of ether oxygens (including phenoxy) is 1. The van der Waals surface area contributed by atoms with Gasteiger partial charge in [-0.2, -0.15) is 4.31 Å². The van der Waals surface area contributed by atoms with Gasteiger partial charge in [0.05, 0.1) is 31.7 Å². The number of amides is 1. The van der Waals surface area contributed by atoms with Crippen molar-refractivity contribution in [3.8, 4) is 0 Å². The van der Waals surface area contributed by atoms with Crippen molar-refractivity contribution in [3.05, 3.63) is 24.2 Å². The third kappa shape index (κ3) is 5.83. The highest BCUT2D eigenvalue weighted by Crippen LogP contribution is 2.17. The van der Waals surface area contributed by atoms with Crippen LogP contribution in [0.1, 0.15) is 38.9 Å². The predicted molar refractivity (Wildman–Crippen MR) is 94.4 cm³/mol. The van der Waals surface area contributed by atoms with Crippen LogP contribution in [0.3, 0.4) is 0 Å². The summed E-state index contributed by atoms with van der Waals surface area (Å²) in [5, 5.41) is 0. The van der Waals surface area contributed by atoms with Gasteiger partial charge >= 0.3 is 0 Å². The molecule has 2 atom stereocenters. The van der Waals surface area contributed by atoms with E-state index < -0.39 is 10.0 Å². The zero-order chi connectivity index (χ0) is 18.4. The Morgan fingerprint density at radius 1 is 1.44 bits per heavy atom. The van der Waals surface area contributed by atoms with Crippen LogP contribution in [0.15, 0.2) is 22.8 Å². The lowest BCUT2D eigenvalue weighted by Gasteiger charge is -2.30. The molecule has 2 heterocycles. The molecule has 1 aliphatic heterocycles. The molecule has 7 nitrogen and oxygen atoms in total. The van der Waals surface area contributed by atoms with Gasteiger partial charge in [-0.25, -0.2) is 8.42 Å². The molecule has 0 N–H and O–H groups in total. The van der Waals surface area contributed by atoms with E-state index in [9.17, 15) is 13.2 Å². The minimum atomic E-state index is -3.46. The Kier molecular flexibility index (Phi) is 7.04. The van der Waals surface area contributed by atoms with Gasteiger partial charge in [-0.15, -0.1) is 0 Å². The molecule has 8 heteroatoms. The van der Waals surface area contributed by atoms with Crippen molar-refractivity contribution in [2.45, 2.75) is 51.8 Å². The second-order valence-electron chi connectivity index (χ2n) is 6.55. The molecule has 0 spiro atoms. The summed E-state index contributed by atoms with van der Waals surface area (Å²) in [5.74, 6) is 0.429. The van der Waals surface area contributed by atoms with Crippen LogP contribution in [0.2, 0.25) is 0 Å². The van der Waals surface area contributed by atoms with Crippen LogP contribution in [0, 0.1) is 0 Å². The molecule has 1 aromatic heterocycles. The van der Waals surface area contributed by atoms with Crippen molar-refractivity contribution in [2.75, 3.05) is 26.0 Å². The van der Waals surface area contributed by atoms with E-state index in [1.807, 2.05) is 13.8 Å². The summed E-state index contributed by atoms with van der Waals surface area (Å²) in [5.41, 5.74) is 0. The molecule has 0 radical (unpaired) electrons. The summed E-state index contributed by atoms with van der Waals surface area (Å²) in [4.78, 5) is 14.5. The zero-order valence-corrected chi connectivity index (χ0v) is 16.0. The number of hydrogen-bond donors (Lipinski definition) is 0. The van der Waals surface area contributed by atoms with Gasteiger partial charge in [0, 0.05) is 19.2 Å². The Balaban J connectivity index is 2.11. The molecule has 1 saturated heterocycles. The van der Waals surface area contributed by atoms with E-state index in [1.54, 1.807) is 23.3 Å². The third-order valence-corrected chi connectivity index (χ3v) is 5.87. The summed E-state index contributed by atoms with van der Waals surface area (Å²) < 4.78 is 36.4. The Hall–Kier alpha value is -1.38. The van der Waals surface area contributed by atoms with Crippen molar-refractivity contribution >= 4 is 15.9 Å². The number of sulfonamides is 1. The maximum atomic E-state index is 12.9. The average molecular weight is 372 g/mol. The largest absolute Gasteiger partial charge is 0.467 e. The van der Waals surface area contributed by atoms with E-state index in [0.717, 1.165) is 19.1 Å². The monoisotopic (exact) mass is 372 g/mol. The summed E-state index contributed by atoms with van der Waals surface area (Å²) >= 11 is 0. The first kappa shape index (κ1) is 19.9. The zero-order valence-electron chi connectivity index (χ0n) is 15.2. The highest BCUT2D eigenvalue weighted by atomic mass is 32.2. The Labute approximate surface area is 150 Å². The SMILES string of the molecule is CCC(C)N(CC(=O)N(Cc1ccco1)CC1CCCO1)S(C)(=O)=O. The Morgan fingerprint density at radius 2 is 2.20 bits per heavy atom. The molecule has 2 rings (SSSR count). The molecule has 25 heavy (non-hydrogen) atoms. The fourth-order valence-corrected chi connectivity index (χ4v) is 4.06. The van der Waals surface area contributed by atoms with E-state index in [4.69, 9.17) is 9.15 Å². The highest BCUT2D eigenvalue weighted by molar-refractivity contribution is 7.88. The van der Waals surface area contributed by atoms with Crippen molar-refractivity contribution in [1.29, 1.82) is 0 Å². The topological polar surface area (TPSA) is 80.1 Å². The van der Waals surface area contributed by atoms with Gasteiger partial charge in [-0.05, 0) is 38.3 Å². The molecule has 1 fully saturated rings. The molecular formula is C17H28N2O5S. The number of furan rings is 1. The molecule has 1 amide bonds. The van der Waals surface area contributed by atoms with Gasteiger partial charge in [0.25, 0.3) is 0 Å². The Morgan fingerprint density at radius 3 is 2.72 bits per heavy atom. The molecule has 1 aromatic rings. The van der Waals surface area contributed by atoms with Crippen LogP contribution in [-0.2, 0) is 26.1 Å². The van der Waals surface area contributed by atoms with Gasteiger partial charge in [-0.1, -0.05) is 6.92 Å². The first-order valence-electron chi connectivity index (χ1n) is 8.69. The van der Waals surface area contributed by atoms with Crippen molar-refractivity contribution in [1.82, 2.24) is 9.21 Å². The average Bonchev–Trinajstić information content (AvgIpc) is 3.23. The quantitative estimate of drug-likeness (QED) is 0.661. The van der Waals surface area contributed by atoms with Crippen LogP contribution < -0.4 is 0 Å². The molecule has 2 unspecified atom stereocenters. The fourth-order valence-electron chi connectivity index (χ4n) is 2.92. The van der Waals surface area contributed by atoms with Gasteiger partial charge in [-0.3, -0.25) is 4.79 Å². The lowest BCUT2D eigenvalue weighted by Crippen LogP contribution is -2.47. The van der Waals surface area contributed by atoms with Crippen LogP contribution in [0.25, 0.3) is 0 Å². The molecule has 1 aliphatic rings. The number of hydrogen-bond acceptors (Lipinski definition) is 5. The van der Waals surface area contributed by atoms with E-state index in [2.05, 4.69) is 0 Å². The smallest absolute Gasteiger partial charge is 0.238 e. The second kappa shape index (κ2) is 8.82. The number of carbonyl (C=O) groups is 1. The lowest BCUT2D eigenvalue weighted by molar-refractivity contribution is -0.134. The maximum absolute atomic E-state index is 12.9. The molecule has 142 valence electrons. The van der Waals surface area contributed by atoms with Crippen molar-refractivity contribution in [3.63, 3.8) is 0 Å². The lowest BCUT2D eigenvalue weighted by atomic mass is 10.2. The molecule has 0 bridgehead atoms. The van der Waals surface area contributed by atoms with Crippen molar-refractivity contribution < 1.29 is 22.4 Å². The van der Waals surface area contributed by atoms with Gasteiger partial charge < -0.3 is 14.1 Å². The normalized spacial score (nSPS) is 19.3. The van der Waals surface area contributed by atoms with Crippen LogP contribution >= 0.6 is 0 Å². The van der Waals surface area contributed by atoms with Crippen molar-refractivity contribution in [2.24, 2.45) is 0 Å². The third-order valence-electron chi connectivity index (χ3n) is 4.53. The summed E-state index contributed by atoms with van der Waals surface area (Å²) in [7, 11) is -3.46. The molecular weight excluding hydrogens is 344 g/mol. The first-order valence-corrected chi connectivity index (χ1v) is 10.5. The van der Waals surface area contributed by atoms with E-state index in [-0.39, 0.29) is 24.6 Å². The molecule has 0 aromatic carbocycles. The van der Waals surface area contributed by atoms with Crippen LogP contribution in [-0.4, -0.2) is 61.6 Å². The number of carbonyl (C=O) groups excluding carboxylic acids is 1. The van der Waals surface area contributed by atoms with Gasteiger partial charge in [0.15, 0.2) is 0 Å². The standard InChI is InChI=1S/C17H28N2O5S/c1-4-14(2)19(25(3,21)22)13-17(20)18(11-15-7-5-9-23-15)12-16-8-6-10-24-16/h5,7,9,14,16H,4,6,8,10-13H2,1-3H3. The summed E-state index contributed by atoms with van der Waals surface area (Å²) in [6, 6.07) is 3.34. The van der Waals surface area contributed by atoms with Gasteiger partial charge in [0.2, 0.25) is 15.9 Å². The maximum Gasteiger partial charge on any atom is 0.238 e. The first-order chi connectivity index (χ1) is 11.8. The second-order valence-corrected chi connectivity index (χ2v) is 8.49.